The van der Waals surface area contributed by atoms with E-state index in [-0.39, 0.29) is 0 Å². The number of piperazine rings is 1. The van der Waals surface area contributed by atoms with Gasteiger partial charge >= 0.3 is 0 Å². The molecule has 0 spiro atoms. The Labute approximate surface area is 113 Å². The SMILES string of the molecule is CC(CCNCC1CCCCC1)N1CCNCC1. The molecule has 0 aromatic carbocycles. The standard InChI is InChI=1S/C15H31N3/c1-14(18-11-9-16-10-12-18)7-8-17-13-15-5-3-2-4-6-15/h14-17H,2-13H2,1H3. The van der Waals surface area contributed by atoms with Gasteiger partial charge in [-0.3, -0.25) is 4.90 Å². The molecule has 0 amide bonds. The van der Waals surface area contributed by atoms with E-state index < -0.39 is 0 Å². The highest BCUT2D eigenvalue weighted by atomic mass is 15.2. The zero-order chi connectivity index (χ0) is 12.6. The first-order valence-electron chi connectivity index (χ1n) is 8.02. The van der Waals surface area contributed by atoms with Gasteiger partial charge < -0.3 is 10.6 Å². The molecular weight excluding hydrogens is 222 g/mol. The predicted molar refractivity (Wildman–Crippen MR) is 78.0 cm³/mol. The van der Waals surface area contributed by atoms with Crippen LogP contribution in [0.1, 0.15) is 45.4 Å². The van der Waals surface area contributed by atoms with Gasteiger partial charge in [0, 0.05) is 32.2 Å². The van der Waals surface area contributed by atoms with Crippen molar-refractivity contribution in [3.8, 4) is 0 Å². The molecule has 1 unspecified atom stereocenters. The quantitative estimate of drug-likeness (QED) is 0.707. The van der Waals surface area contributed by atoms with Crippen LogP contribution in [0.4, 0.5) is 0 Å². The van der Waals surface area contributed by atoms with Gasteiger partial charge in [-0.05, 0) is 45.2 Å². The van der Waals surface area contributed by atoms with Gasteiger partial charge in [-0.25, -0.2) is 0 Å². The summed E-state index contributed by atoms with van der Waals surface area (Å²) < 4.78 is 0. The molecule has 18 heavy (non-hydrogen) atoms. The van der Waals surface area contributed by atoms with E-state index in [0.29, 0.717) is 0 Å². The molecule has 3 nitrogen and oxygen atoms in total. The summed E-state index contributed by atoms with van der Waals surface area (Å²) in [5.74, 6) is 0.966. The van der Waals surface area contributed by atoms with Crippen LogP contribution >= 0.6 is 0 Å². The Bertz CT molecular complexity index is 208. The summed E-state index contributed by atoms with van der Waals surface area (Å²) in [5.41, 5.74) is 0. The molecule has 1 saturated heterocycles. The van der Waals surface area contributed by atoms with E-state index in [0.717, 1.165) is 12.0 Å². The van der Waals surface area contributed by atoms with E-state index >= 15 is 0 Å². The molecule has 0 aromatic rings. The molecule has 0 aromatic heterocycles. The molecule has 1 heterocycles. The van der Waals surface area contributed by atoms with E-state index in [4.69, 9.17) is 0 Å². The first-order chi connectivity index (χ1) is 8.86. The maximum atomic E-state index is 3.68. The molecule has 3 heteroatoms. The molecule has 0 bridgehead atoms. The van der Waals surface area contributed by atoms with Gasteiger partial charge in [-0.2, -0.15) is 0 Å². The van der Waals surface area contributed by atoms with Gasteiger partial charge in [0.25, 0.3) is 0 Å². The third-order valence-electron chi connectivity index (χ3n) is 4.67. The zero-order valence-electron chi connectivity index (χ0n) is 12.1. The molecule has 1 aliphatic carbocycles. The second-order valence-electron chi connectivity index (χ2n) is 6.13. The predicted octanol–water partition coefficient (Wildman–Crippen LogP) is 1.84. The van der Waals surface area contributed by atoms with E-state index in [1.54, 1.807) is 0 Å². The molecule has 2 rings (SSSR count). The Morgan fingerprint density at radius 2 is 1.89 bits per heavy atom. The molecule has 1 saturated carbocycles. The number of nitrogens with zero attached hydrogens (tertiary/aromatic N) is 1. The lowest BCUT2D eigenvalue weighted by Crippen LogP contribution is -2.48. The van der Waals surface area contributed by atoms with Crippen molar-refractivity contribution in [1.29, 1.82) is 0 Å². The Hall–Kier alpha value is -0.120. The summed E-state index contributed by atoms with van der Waals surface area (Å²) in [5, 5.41) is 7.11. The van der Waals surface area contributed by atoms with Crippen LogP contribution in [0, 0.1) is 5.92 Å². The molecular formula is C15H31N3. The molecule has 1 aliphatic heterocycles. The van der Waals surface area contributed by atoms with Crippen LogP contribution in [-0.2, 0) is 0 Å². The van der Waals surface area contributed by atoms with Crippen molar-refractivity contribution in [3.05, 3.63) is 0 Å². The van der Waals surface area contributed by atoms with Crippen LogP contribution in [0.25, 0.3) is 0 Å². The Balaban J connectivity index is 1.51. The van der Waals surface area contributed by atoms with Gasteiger partial charge in [0.2, 0.25) is 0 Å². The van der Waals surface area contributed by atoms with E-state index in [1.807, 2.05) is 0 Å². The van der Waals surface area contributed by atoms with Crippen LogP contribution in [0.15, 0.2) is 0 Å². The van der Waals surface area contributed by atoms with Crippen molar-refractivity contribution in [1.82, 2.24) is 15.5 Å². The minimum Gasteiger partial charge on any atom is -0.316 e. The van der Waals surface area contributed by atoms with Crippen LogP contribution in [0.2, 0.25) is 0 Å². The van der Waals surface area contributed by atoms with E-state index in [9.17, 15) is 0 Å². The lowest BCUT2D eigenvalue weighted by atomic mass is 9.89. The highest BCUT2D eigenvalue weighted by Gasteiger charge is 2.16. The average molecular weight is 253 g/mol. The summed E-state index contributed by atoms with van der Waals surface area (Å²) in [6.45, 7) is 9.62. The third-order valence-corrected chi connectivity index (χ3v) is 4.67. The number of rotatable bonds is 6. The molecule has 2 N–H and O–H groups in total. The first-order valence-corrected chi connectivity index (χ1v) is 8.02. The Morgan fingerprint density at radius 3 is 2.61 bits per heavy atom. The van der Waals surface area contributed by atoms with Crippen LogP contribution in [0.5, 0.6) is 0 Å². The smallest absolute Gasteiger partial charge is 0.0110 e. The summed E-state index contributed by atoms with van der Waals surface area (Å²) >= 11 is 0. The minimum absolute atomic E-state index is 0.742. The lowest BCUT2D eigenvalue weighted by Gasteiger charge is -2.33. The van der Waals surface area contributed by atoms with Crippen molar-refractivity contribution in [2.45, 2.75) is 51.5 Å². The van der Waals surface area contributed by atoms with Crippen molar-refractivity contribution < 1.29 is 0 Å². The number of nitrogens with one attached hydrogen (secondary N) is 2. The Kier molecular flexibility index (Phi) is 6.46. The number of hydrogen-bond acceptors (Lipinski definition) is 3. The zero-order valence-corrected chi connectivity index (χ0v) is 12.1. The second-order valence-corrected chi connectivity index (χ2v) is 6.13. The summed E-state index contributed by atoms with van der Waals surface area (Å²) in [6.07, 6.45) is 8.61. The fourth-order valence-corrected chi connectivity index (χ4v) is 3.31. The van der Waals surface area contributed by atoms with Gasteiger partial charge in [0.1, 0.15) is 0 Å². The highest BCUT2D eigenvalue weighted by Crippen LogP contribution is 2.22. The van der Waals surface area contributed by atoms with Crippen LogP contribution in [0.3, 0.4) is 0 Å². The highest BCUT2D eigenvalue weighted by molar-refractivity contribution is 4.75. The van der Waals surface area contributed by atoms with Crippen LogP contribution in [-0.4, -0.2) is 50.2 Å². The molecule has 2 aliphatic rings. The topological polar surface area (TPSA) is 27.3 Å². The first kappa shape index (κ1) is 14.3. The second kappa shape index (κ2) is 8.13. The van der Waals surface area contributed by atoms with E-state index in [2.05, 4.69) is 22.5 Å². The van der Waals surface area contributed by atoms with E-state index in [1.165, 1.54) is 77.8 Å². The van der Waals surface area contributed by atoms with Crippen molar-refractivity contribution in [2.75, 3.05) is 39.3 Å². The molecule has 2 fully saturated rings. The van der Waals surface area contributed by atoms with Crippen LogP contribution < -0.4 is 10.6 Å². The summed E-state index contributed by atoms with van der Waals surface area (Å²) in [7, 11) is 0. The van der Waals surface area contributed by atoms with Crippen molar-refractivity contribution in [2.24, 2.45) is 5.92 Å². The van der Waals surface area contributed by atoms with Crippen molar-refractivity contribution >= 4 is 0 Å². The molecule has 106 valence electrons. The summed E-state index contributed by atoms with van der Waals surface area (Å²) in [6, 6.07) is 0.742. The number of hydrogen-bond donors (Lipinski definition) is 2. The lowest BCUT2D eigenvalue weighted by molar-refractivity contribution is 0.175. The van der Waals surface area contributed by atoms with Gasteiger partial charge in [-0.15, -0.1) is 0 Å². The average Bonchev–Trinajstić information content (AvgIpc) is 2.45. The fraction of sp³-hybridized carbons (Fsp3) is 1.00. The summed E-state index contributed by atoms with van der Waals surface area (Å²) in [4.78, 5) is 2.62. The Morgan fingerprint density at radius 1 is 1.17 bits per heavy atom. The van der Waals surface area contributed by atoms with Gasteiger partial charge in [0.05, 0.1) is 0 Å². The maximum absolute atomic E-state index is 3.68. The minimum atomic E-state index is 0.742. The maximum Gasteiger partial charge on any atom is 0.0110 e. The monoisotopic (exact) mass is 253 g/mol. The fourth-order valence-electron chi connectivity index (χ4n) is 3.31. The van der Waals surface area contributed by atoms with Gasteiger partial charge in [0.15, 0.2) is 0 Å². The largest absolute Gasteiger partial charge is 0.316 e. The third kappa shape index (κ3) is 4.87. The normalized spacial score (nSPS) is 25.2. The molecule has 0 radical (unpaired) electrons. The van der Waals surface area contributed by atoms with Gasteiger partial charge in [-0.1, -0.05) is 19.3 Å². The molecule has 1 atom stereocenters. The van der Waals surface area contributed by atoms with Crippen molar-refractivity contribution in [3.63, 3.8) is 0 Å².